The van der Waals surface area contributed by atoms with Crippen molar-refractivity contribution in [3.8, 4) is 5.82 Å². The van der Waals surface area contributed by atoms with Crippen molar-refractivity contribution in [3.05, 3.63) is 84.6 Å². The van der Waals surface area contributed by atoms with Gasteiger partial charge < -0.3 is 4.42 Å². The number of fused-ring (bicyclic) bond motifs is 8. The molecule has 0 unspecified atom stereocenters. The maximum absolute atomic E-state index is 6.28. The topological polar surface area (TPSA) is 48.3 Å². The maximum Gasteiger partial charge on any atom is 0.222 e. The van der Waals surface area contributed by atoms with Gasteiger partial charge in [-0.15, -0.1) is 0 Å². The van der Waals surface area contributed by atoms with Gasteiger partial charge in [0.25, 0.3) is 0 Å². The minimum atomic E-state index is 0.753. The summed E-state index contributed by atoms with van der Waals surface area (Å²) >= 11 is 0. The first-order valence-electron chi connectivity index (χ1n) is 9.94. The molecule has 4 aromatic heterocycles. The van der Waals surface area contributed by atoms with E-state index in [1.807, 2.05) is 48.7 Å². The quantitative estimate of drug-likeness (QED) is 0.345. The molecule has 0 spiro atoms. The van der Waals surface area contributed by atoms with Crippen LogP contribution in [0.4, 0.5) is 0 Å². The van der Waals surface area contributed by atoms with E-state index in [0.717, 1.165) is 55.6 Å². The summed E-state index contributed by atoms with van der Waals surface area (Å²) in [5.41, 5.74) is 7.03. The molecule has 0 N–H and O–H groups in total. The van der Waals surface area contributed by atoms with Gasteiger partial charge in [-0.05, 0) is 48.9 Å². The zero-order valence-electron chi connectivity index (χ0n) is 16.2. The zero-order valence-corrected chi connectivity index (χ0v) is 16.2. The van der Waals surface area contributed by atoms with Gasteiger partial charge in [-0.2, -0.15) is 0 Å². The third-order valence-corrected chi connectivity index (χ3v) is 5.84. The molecule has 0 aliphatic heterocycles. The van der Waals surface area contributed by atoms with Crippen molar-refractivity contribution in [2.24, 2.45) is 0 Å². The Labute approximate surface area is 170 Å². The lowest BCUT2D eigenvalue weighted by Gasteiger charge is -2.05. The van der Waals surface area contributed by atoms with Crippen LogP contribution in [0.25, 0.3) is 55.6 Å². The molecule has 4 heterocycles. The molecule has 3 aromatic carbocycles. The number of aryl methyl sites for hydroxylation is 1. The van der Waals surface area contributed by atoms with Crippen LogP contribution in [0, 0.1) is 6.92 Å². The fourth-order valence-corrected chi connectivity index (χ4v) is 4.52. The Morgan fingerprint density at radius 2 is 1.67 bits per heavy atom. The van der Waals surface area contributed by atoms with Gasteiger partial charge in [-0.1, -0.05) is 36.4 Å². The Hall–Kier alpha value is -4.12. The molecule has 5 nitrogen and oxygen atoms in total. The summed E-state index contributed by atoms with van der Waals surface area (Å²) in [6, 6.07) is 24.8. The summed E-state index contributed by atoms with van der Waals surface area (Å²) < 4.78 is 10.6. The highest BCUT2D eigenvalue weighted by atomic mass is 16.3. The van der Waals surface area contributed by atoms with E-state index in [1.165, 1.54) is 5.56 Å². The van der Waals surface area contributed by atoms with E-state index in [0.29, 0.717) is 0 Å². The predicted molar refractivity (Wildman–Crippen MR) is 119 cm³/mol. The molecule has 30 heavy (non-hydrogen) atoms. The largest absolute Gasteiger partial charge is 0.452 e. The number of imidazole rings is 2. The fourth-order valence-electron chi connectivity index (χ4n) is 4.52. The van der Waals surface area contributed by atoms with Gasteiger partial charge in [0.2, 0.25) is 5.78 Å². The van der Waals surface area contributed by atoms with Crippen LogP contribution in [-0.2, 0) is 0 Å². The lowest BCUT2D eigenvalue weighted by atomic mass is 10.2. The van der Waals surface area contributed by atoms with Crippen molar-refractivity contribution in [1.82, 2.24) is 18.9 Å². The molecule has 142 valence electrons. The Morgan fingerprint density at radius 3 is 2.63 bits per heavy atom. The number of pyridine rings is 1. The van der Waals surface area contributed by atoms with Crippen molar-refractivity contribution in [2.75, 3.05) is 0 Å². The van der Waals surface area contributed by atoms with Gasteiger partial charge >= 0.3 is 0 Å². The third-order valence-electron chi connectivity index (χ3n) is 5.84. The molecule has 0 radical (unpaired) electrons. The van der Waals surface area contributed by atoms with Crippen molar-refractivity contribution in [2.45, 2.75) is 6.92 Å². The van der Waals surface area contributed by atoms with Crippen molar-refractivity contribution in [3.63, 3.8) is 0 Å². The number of aromatic nitrogens is 4. The number of furan rings is 1. The lowest BCUT2D eigenvalue weighted by Crippen LogP contribution is -1.98. The van der Waals surface area contributed by atoms with Crippen LogP contribution in [0.5, 0.6) is 0 Å². The molecular formula is C25H16N4O. The van der Waals surface area contributed by atoms with E-state index >= 15 is 0 Å². The number of benzene rings is 3. The Kier molecular flexibility index (Phi) is 2.88. The summed E-state index contributed by atoms with van der Waals surface area (Å²) in [6.45, 7) is 2.11. The summed E-state index contributed by atoms with van der Waals surface area (Å²) in [7, 11) is 0. The number of hydrogen-bond acceptors (Lipinski definition) is 3. The highest BCUT2D eigenvalue weighted by Crippen LogP contribution is 2.35. The van der Waals surface area contributed by atoms with E-state index in [4.69, 9.17) is 14.4 Å². The van der Waals surface area contributed by atoms with E-state index in [9.17, 15) is 0 Å². The molecule has 0 aliphatic carbocycles. The van der Waals surface area contributed by atoms with Gasteiger partial charge in [0.1, 0.15) is 5.58 Å². The monoisotopic (exact) mass is 388 g/mol. The molecule has 0 saturated carbocycles. The van der Waals surface area contributed by atoms with Crippen LogP contribution < -0.4 is 0 Å². The standard InChI is InChI=1S/C25H16N4O/c1-15-10-11-20-21(14-15)28-19-8-4-3-7-18(19)27-25(28)29(20)24-23-17(12-13-26-24)16-6-2-5-9-22(16)30-23/h2-14H,1H3. The average molecular weight is 388 g/mol. The van der Waals surface area contributed by atoms with E-state index < -0.39 is 0 Å². The van der Waals surface area contributed by atoms with Gasteiger partial charge in [-0.25, -0.2) is 9.97 Å². The molecule has 7 rings (SSSR count). The summed E-state index contributed by atoms with van der Waals surface area (Å²) in [6.07, 6.45) is 1.85. The Balaban J connectivity index is 1.72. The molecule has 7 aromatic rings. The van der Waals surface area contributed by atoms with Crippen LogP contribution in [0.1, 0.15) is 5.56 Å². The van der Waals surface area contributed by atoms with Gasteiger partial charge in [-0.3, -0.25) is 8.97 Å². The normalized spacial score (nSPS) is 12.2. The first-order chi connectivity index (χ1) is 14.8. The molecule has 0 saturated heterocycles. The van der Waals surface area contributed by atoms with Crippen LogP contribution in [0.15, 0.2) is 83.4 Å². The van der Waals surface area contributed by atoms with Gasteiger partial charge in [0.15, 0.2) is 11.4 Å². The first-order valence-corrected chi connectivity index (χ1v) is 9.94. The van der Waals surface area contributed by atoms with Gasteiger partial charge in [0.05, 0.1) is 22.1 Å². The fraction of sp³-hybridized carbons (Fsp3) is 0.0400. The van der Waals surface area contributed by atoms with E-state index in [2.05, 4.69) is 46.2 Å². The average Bonchev–Trinajstić information content (AvgIpc) is 3.42. The van der Waals surface area contributed by atoms with E-state index in [1.54, 1.807) is 0 Å². The van der Waals surface area contributed by atoms with E-state index in [-0.39, 0.29) is 0 Å². The van der Waals surface area contributed by atoms with Crippen LogP contribution in [-0.4, -0.2) is 18.9 Å². The minimum absolute atomic E-state index is 0.753. The molecule has 0 fully saturated rings. The van der Waals surface area contributed by atoms with Crippen molar-refractivity contribution >= 4 is 49.8 Å². The molecule has 0 amide bonds. The van der Waals surface area contributed by atoms with Gasteiger partial charge in [0, 0.05) is 17.0 Å². The lowest BCUT2D eigenvalue weighted by molar-refractivity contribution is 0.663. The highest BCUT2D eigenvalue weighted by Gasteiger charge is 2.21. The molecule has 0 atom stereocenters. The third kappa shape index (κ3) is 1.91. The zero-order chi connectivity index (χ0) is 19.8. The van der Waals surface area contributed by atoms with Crippen LogP contribution >= 0.6 is 0 Å². The molecule has 5 heteroatoms. The first kappa shape index (κ1) is 15.8. The second-order valence-electron chi connectivity index (χ2n) is 7.67. The van der Waals surface area contributed by atoms with Crippen LogP contribution in [0.2, 0.25) is 0 Å². The summed E-state index contributed by atoms with van der Waals surface area (Å²) in [5, 5.41) is 2.15. The minimum Gasteiger partial charge on any atom is -0.452 e. The Morgan fingerprint density at radius 1 is 0.800 bits per heavy atom. The smallest absolute Gasteiger partial charge is 0.222 e. The Bertz CT molecular complexity index is 1770. The number of para-hydroxylation sites is 3. The molecular weight excluding hydrogens is 372 g/mol. The SMILES string of the molecule is Cc1ccc2c(c1)n1c3ccccc3nc1n2-c1nccc2c1oc1ccccc12. The molecule has 0 bridgehead atoms. The van der Waals surface area contributed by atoms with Crippen molar-refractivity contribution < 1.29 is 4.42 Å². The second kappa shape index (κ2) is 5.48. The number of nitrogens with zero attached hydrogens (tertiary/aromatic N) is 4. The second-order valence-corrected chi connectivity index (χ2v) is 7.67. The summed E-state index contributed by atoms with van der Waals surface area (Å²) in [5.74, 6) is 1.58. The number of rotatable bonds is 1. The summed E-state index contributed by atoms with van der Waals surface area (Å²) in [4.78, 5) is 9.72. The predicted octanol–water partition coefficient (Wildman–Crippen LogP) is 6.03. The molecule has 0 aliphatic rings. The highest BCUT2D eigenvalue weighted by molar-refractivity contribution is 6.07. The number of hydrogen-bond donors (Lipinski definition) is 0. The maximum atomic E-state index is 6.28. The van der Waals surface area contributed by atoms with Crippen molar-refractivity contribution in [1.29, 1.82) is 0 Å². The van der Waals surface area contributed by atoms with Crippen LogP contribution in [0.3, 0.4) is 0 Å².